The molecule has 1 amide bonds. The largest absolute Gasteiger partial charge is 0.433 e. The number of benzene rings is 1. The molecule has 2 heterocycles. The van der Waals surface area contributed by atoms with E-state index in [1.54, 1.807) is 24.5 Å². The van der Waals surface area contributed by atoms with Crippen molar-refractivity contribution >= 4 is 11.6 Å². The molecule has 0 unspecified atom stereocenters. The molecule has 7 heteroatoms. The molecule has 0 aliphatic rings. The molecule has 3 aromatic rings. The van der Waals surface area contributed by atoms with E-state index in [-0.39, 0.29) is 5.91 Å². The van der Waals surface area contributed by atoms with Gasteiger partial charge in [-0.2, -0.15) is 13.2 Å². The molecule has 144 valence electrons. The van der Waals surface area contributed by atoms with Gasteiger partial charge in [0, 0.05) is 24.4 Å². The van der Waals surface area contributed by atoms with Gasteiger partial charge in [0.2, 0.25) is 5.91 Å². The molecule has 1 N–H and O–H groups in total. The second-order valence-electron chi connectivity index (χ2n) is 6.27. The maximum Gasteiger partial charge on any atom is 0.433 e. The van der Waals surface area contributed by atoms with E-state index in [1.165, 1.54) is 12.3 Å². The summed E-state index contributed by atoms with van der Waals surface area (Å²) in [4.78, 5) is 19.3. The number of nitrogens with zero attached hydrogens (tertiary/aromatic N) is 2. The number of aryl methyl sites for hydroxylation is 1. The zero-order chi connectivity index (χ0) is 20.0. The zero-order valence-electron chi connectivity index (χ0n) is 14.9. The molecule has 1 aromatic carbocycles. The number of aromatic nitrogens is 2. The van der Waals surface area contributed by atoms with Gasteiger partial charge in [0.15, 0.2) is 0 Å². The summed E-state index contributed by atoms with van der Waals surface area (Å²) >= 11 is 0. The number of carbonyl (C=O) groups is 1. The fourth-order valence-corrected chi connectivity index (χ4v) is 2.71. The summed E-state index contributed by atoms with van der Waals surface area (Å²) in [7, 11) is 0. The van der Waals surface area contributed by atoms with Gasteiger partial charge in [0.25, 0.3) is 0 Å². The van der Waals surface area contributed by atoms with E-state index in [1.807, 2.05) is 24.3 Å². The van der Waals surface area contributed by atoms with Gasteiger partial charge in [0.1, 0.15) is 5.69 Å². The van der Waals surface area contributed by atoms with Gasteiger partial charge >= 0.3 is 6.18 Å². The standard InChI is InChI=1S/C21H18F3N3O/c22-21(23,24)19-11-10-17(13-26-19)16-8-6-15(7-9-16)3-1-5-20(28)27-18-4-2-12-25-14-18/h2,4,6-14H,1,3,5H2,(H,27,28). The van der Waals surface area contributed by atoms with Crippen LogP contribution in [0.3, 0.4) is 0 Å². The smallest absolute Gasteiger partial charge is 0.325 e. The number of pyridine rings is 2. The van der Waals surface area contributed by atoms with Gasteiger partial charge < -0.3 is 5.32 Å². The number of halogens is 3. The topological polar surface area (TPSA) is 54.9 Å². The lowest BCUT2D eigenvalue weighted by molar-refractivity contribution is -0.141. The van der Waals surface area contributed by atoms with E-state index in [0.717, 1.165) is 23.6 Å². The summed E-state index contributed by atoms with van der Waals surface area (Å²) in [5.41, 5.74) is 2.23. The SMILES string of the molecule is O=C(CCCc1ccc(-c2ccc(C(F)(F)F)nc2)cc1)Nc1cccnc1. The molecule has 0 saturated carbocycles. The number of anilines is 1. The minimum absolute atomic E-state index is 0.0690. The Hall–Kier alpha value is -3.22. The molecule has 28 heavy (non-hydrogen) atoms. The fraction of sp³-hybridized carbons (Fsp3) is 0.190. The van der Waals surface area contributed by atoms with Gasteiger partial charge in [-0.15, -0.1) is 0 Å². The molecule has 2 aromatic heterocycles. The summed E-state index contributed by atoms with van der Waals surface area (Å²) in [6.07, 6.45) is 1.82. The highest BCUT2D eigenvalue weighted by Crippen LogP contribution is 2.29. The summed E-state index contributed by atoms with van der Waals surface area (Å²) in [6, 6.07) is 13.4. The Morgan fingerprint density at radius 1 is 0.964 bits per heavy atom. The third kappa shape index (κ3) is 5.39. The third-order valence-corrected chi connectivity index (χ3v) is 4.16. The molecule has 0 bridgehead atoms. The van der Waals surface area contributed by atoms with Crippen LogP contribution >= 0.6 is 0 Å². The quantitative estimate of drug-likeness (QED) is 0.640. The highest BCUT2D eigenvalue weighted by atomic mass is 19.4. The van der Waals surface area contributed by atoms with Crippen molar-refractivity contribution in [3.05, 3.63) is 78.4 Å². The van der Waals surface area contributed by atoms with Crippen LogP contribution in [0.15, 0.2) is 67.1 Å². The van der Waals surface area contributed by atoms with Crippen LogP contribution in [-0.2, 0) is 17.4 Å². The Kier molecular flexibility index (Phi) is 6.03. The van der Waals surface area contributed by atoms with Crippen molar-refractivity contribution in [2.24, 2.45) is 0 Å². The van der Waals surface area contributed by atoms with E-state index in [4.69, 9.17) is 0 Å². The molecule has 0 fully saturated rings. The number of amides is 1. The van der Waals surface area contributed by atoms with Crippen LogP contribution in [-0.4, -0.2) is 15.9 Å². The lowest BCUT2D eigenvalue weighted by atomic mass is 10.0. The average molecular weight is 385 g/mol. The van der Waals surface area contributed by atoms with Crippen LogP contribution in [0.1, 0.15) is 24.1 Å². The molecule has 0 spiro atoms. The fourth-order valence-electron chi connectivity index (χ4n) is 2.71. The van der Waals surface area contributed by atoms with Crippen LogP contribution in [0, 0.1) is 0 Å². The van der Waals surface area contributed by atoms with Crippen molar-refractivity contribution in [1.29, 1.82) is 0 Å². The van der Waals surface area contributed by atoms with Gasteiger partial charge in [-0.1, -0.05) is 30.3 Å². The summed E-state index contributed by atoms with van der Waals surface area (Å²) in [5, 5.41) is 2.79. The van der Waals surface area contributed by atoms with E-state index in [2.05, 4.69) is 15.3 Å². The van der Waals surface area contributed by atoms with Crippen molar-refractivity contribution in [3.63, 3.8) is 0 Å². The Balaban J connectivity index is 1.51. The predicted octanol–water partition coefficient (Wildman–Crippen LogP) is 5.12. The second-order valence-corrected chi connectivity index (χ2v) is 6.27. The number of hydrogen-bond donors (Lipinski definition) is 1. The first kappa shape index (κ1) is 19.5. The monoisotopic (exact) mass is 385 g/mol. The molecular formula is C21H18F3N3O. The van der Waals surface area contributed by atoms with Crippen molar-refractivity contribution in [3.8, 4) is 11.1 Å². The van der Waals surface area contributed by atoms with Crippen molar-refractivity contribution in [2.45, 2.75) is 25.4 Å². The molecule has 3 rings (SSSR count). The maximum absolute atomic E-state index is 12.6. The highest BCUT2D eigenvalue weighted by molar-refractivity contribution is 5.90. The summed E-state index contributed by atoms with van der Waals surface area (Å²) in [5.74, 6) is -0.0690. The number of nitrogens with one attached hydrogen (secondary N) is 1. The van der Waals surface area contributed by atoms with Crippen LogP contribution in [0.4, 0.5) is 18.9 Å². The minimum atomic E-state index is -4.44. The Labute approximate surface area is 160 Å². The van der Waals surface area contributed by atoms with E-state index in [9.17, 15) is 18.0 Å². The van der Waals surface area contributed by atoms with Crippen molar-refractivity contribution in [2.75, 3.05) is 5.32 Å². The third-order valence-electron chi connectivity index (χ3n) is 4.16. The van der Waals surface area contributed by atoms with Crippen molar-refractivity contribution in [1.82, 2.24) is 9.97 Å². The van der Waals surface area contributed by atoms with E-state index < -0.39 is 11.9 Å². The molecule has 0 radical (unpaired) electrons. The first-order chi connectivity index (χ1) is 13.4. The van der Waals surface area contributed by atoms with Crippen LogP contribution in [0.25, 0.3) is 11.1 Å². The molecular weight excluding hydrogens is 367 g/mol. The van der Waals surface area contributed by atoms with E-state index in [0.29, 0.717) is 24.1 Å². The van der Waals surface area contributed by atoms with Gasteiger partial charge in [-0.25, -0.2) is 0 Å². The Morgan fingerprint density at radius 2 is 1.71 bits per heavy atom. The normalized spacial score (nSPS) is 11.2. The average Bonchev–Trinajstić information content (AvgIpc) is 2.69. The molecule has 0 atom stereocenters. The molecule has 0 aliphatic heterocycles. The zero-order valence-corrected chi connectivity index (χ0v) is 14.9. The second kappa shape index (κ2) is 8.65. The van der Waals surface area contributed by atoms with Crippen molar-refractivity contribution < 1.29 is 18.0 Å². The van der Waals surface area contributed by atoms with E-state index >= 15 is 0 Å². The Bertz CT molecular complexity index is 908. The maximum atomic E-state index is 12.6. The molecule has 4 nitrogen and oxygen atoms in total. The summed E-state index contributed by atoms with van der Waals surface area (Å²) < 4.78 is 37.7. The highest BCUT2D eigenvalue weighted by Gasteiger charge is 2.32. The van der Waals surface area contributed by atoms with Gasteiger partial charge in [0.05, 0.1) is 11.9 Å². The molecule has 0 aliphatic carbocycles. The first-order valence-electron chi connectivity index (χ1n) is 8.74. The first-order valence-corrected chi connectivity index (χ1v) is 8.74. The molecule has 0 saturated heterocycles. The van der Waals surface area contributed by atoms with Gasteiger partial charge in [-0.05, 0) is 42.2 Å². The summed E-state index contributed by atoms with van der Waals surface area (Å²) in [6.45, 7) is 0. The number of alkyl halides is 3. The van der Waals surface area contributed by atoms with Crippen LogP contribution < -0.4 is 5.32 Å². The number of carbonyl (C=O) groups excluding carboxylic acids is 1. The Morgan fingerprint density at radius 3 is 2.32 bits per heavy atom. The number of rotatable bonds is 6. The minimum Gasteiger partial charge on any atom is -0.325 e. The van der Waals surface area contributed by atoms with Gasteiger partial charge in [-0.3, -0.25) is 14.8 Å². The predicted molar refractivity (Wildman–Crippen MR) is 100 cm³/mol. The van der Waals surface area contributed by atoms with Crippen LogP contribution in [0.2, 0.25) is 0 Å². The number of hydrogen-bond acceptors (Lipinski definition) is 3. The lowest BCUT2D eigenvalue weighted by Gasteiger charge is -2.08. The van der Waals surface area contributed by atoms with Crippen LogP contribution in [0.5, 0.6) is 0 Å². The lowest BCUT2D eigenvalue weighted by Crippen LogP contribution is -2.11.